The van der Waals surface area contributed by atoms with E-state index in [0.717, 1.165) is 4.88 Å². The number of primary amides is 1. The van der Waals surface area contributed by atoms with Gasteiger partial charge in [0.1, 0.15) is 6.61 Å². The Balaban J connectivity index is 2.42. The van der Waals surface area contributed by atoms with Gasteiger partial charge < -0.3 is 16.2 Å². The number of carbonyl (C=O) groups is 2. The Bertz CT molecular complexity index is 485. The first-order valence-electron chi connectivity index (χ1n) is 5.38. The van der Waals surface area contributed by atoms with Gasteiger partial charge in [0.05, 0.1) is 10.4 Å². The van der Waals surface area contributed by atoms with E-state index < -0.39 is 0 Å². The zero-order chi connectivity index (χ0) is 13.4. The number of amides is 2. The van der Waals surface area contributed by atoms with Crippen LogP contribution >= 0.6 is 11.3 Å². The van der Waals surface area contributed by atoms with E-state index in [4.69, 9.17) is 10.8 Å². The molecule has 6 heteroatoms. The highest BCUT2D eigenvalue weighted by atomic mass is 32.1. The quantitative estimate of drug-likeness (QED) is 0.521. The van der Waals surface area contributed by atoms with Gasteiger partial charge in [0.15, 0.2) is 0 Å². The molecule has 1 rings (SSSR count). The minimum atomic E-state index is -0.374. The number of aliphatic hydroxyl groups excluding tert-OH is 1. The van der Waals surface area contributed by atoms with Crippen molar-refractivity contribution in [2.75, 3.05) is 13.2 Å². The van der Waals surface area contributed by atoms with Crippen molar-refractivity contribution in [2.24, 2.45) is 5.73 Å². The van der Waals surface area contributed by atoms with E-state index in [1.165, 1.54) is 11.3 Å². The van der Waals surface area contributed by atoms with Gasteiger partial charge in [-0.15, -0.1) is 11.3 Å². The van der Waals surface area contributed by atoms with Crippen molar-refractivity contribution in [2.45, 2.75) is 12.8 Å². The number of hydrogen-bond donors (Lipinski definition) is 3. The van der Waals surface area contributed by atoms with Gasteiger partial charge in [0, 0.05) is 18.3 Å². The predicted molar refractivity (Wildman–Crippen MR) is 69.0 cm³/mol. The highest BCUT2D eigenvalue weighted by Crippen LogP contribution is 2.13. The van der Waals surface area contributed by atoms with Crippen molar-refractivity contribution in [1.82, 2.24) is 5.32 Å². The van der Waals surface area contributed by atoms with Crippen LogP contribution in [0.2, 0.25) is 0 Å². The zero-order valence-corrected chi connectivity index (χ0v) is 10.5. The number of aliphatic hydroxyl groups is 1. The summed E-state index contributed by atoms with van der Waals surface area (Å²) in [7, 11) is 0. The van der Waals surface area contributed by atoms with Gasteiger partial charge in [-0.25, -0.2) is 0 Å². The largest absolute Gasteiger partial charge is 0.384 e. The summed E-state index contributed by atoms with van der Waals surface area (Å²) in [4.78, 5) is 22.9. The summed E-state index contributed by atoms with van der Waals surface area (Å²) in [6.07, 6.45) is 0.791. The lowest BCUT2D eigenvalue weighted by Gasteiger charge is -2.01. The zero-order valence-electron chi connectivity index (χ0n) is 9.73. The smallest absolute Gasteiger partial charge is 0.252 e. The molecule has 2 amide bonds. The molecule has 1 aromatic rings. The maximum absolute atomic E-state index is 11.7. The van der Waals surface area contributed by atoms with Crippen LogP contribution in [0.1, 0.15) is 28.1 Å². The molecule has 0 aliphatic rings. The minimum absolute atomic E-state index is 0.201. The number of nitrogens with two attached hydrogens (primary N) is 1. The first kappa shape index (κ1) is 14.2. The Morgan fingerprint density at radius 3 is 2.94 bits per heavy atom. The predicted octanol–water partition coefficient (Wildman–Crippen LogP) is 0.0872. The number of thiophene rings is 1. The van der Waals surface area contributed by atoms with Gasteiger partial charge in [-0.2, -0.15) is 0 Å². The Kier molecular flexibility index (Phi) is 5.91. The summed E-state index contributed by atoms with van der Waals surface area (Å²) in [5.41, 5.74) is 5.51. The molecular weight excluding hydrogens is 252 g/mol. The van der Waals surface area contributed by atoms with Crippen molar-refractivity contribution >= 4 is 23.2 Å². The fourth-order valence-electron chi connectivity index (χ4n) is 1.21. The number of hydrogen-bond acceptors (Lipinski definition) is 4. The van der Waals surface area contributed by atoms with Gasteiger partial charge in [-0.1, -0.05) is 11.8 Å². The minimum Gasteiger partial charge on any atom is -0.384 e. The maximum atomic E-state index is 11.7. The summed E-state index contributed by atoms with van der Waals surface area (Å²) in [5, 5.41) is 12.9. The molecule has 0 fully saturated rings. The van der Waals surface area contributed by atoms with Crippen LogP contribution in [0.15, 0.2) is 11.4 Å². The molecule has 1 aromatic heterocycles. The molecule has 96 valence electrons. The molecule has 0 unspecified atom stereocenters. The van der Waals surface area contributed by atoms with Gasteiger partial charge >= 0.3 is 0 Å². The van der Waals surface area contributed by atoms with E-state index in [2.05, 4.69) is 17.2 Å². The van der Waals surface area contributed by atoms with Gasteiger partial charge in [-0.3, -0.25) is 9.59 Å². The Morgan fingerprint density at radius 2 is 2.28 bits per heavy atom. The summed E-state index contributed by atoms with van der Waals surface area (Å²) < 4.78 is 0. The fraction of sp³-hybridized carbons (Fsp3) is 0.333. The molecule has 4 N–H and O–H groups in total. The van der Waals surface area contributed by atoms with Crippen LogP contribution in [0.5, 0.6) is 0 Å². The third kappa shape index (κ3) is 4.99. The molecule has 0 saturated heterocycles. The molecule has 0 radical (unpaired) electrons. The van der Waals surface area contributed by atoms with E-state index in [9.17, 15) is 9.59 Å². The van der Waals surface area contributed by atoms with Gasteiger partial charge in [0.2, 0.25) is 5.91 Å². The Hall–Kier alpha value is -1.84. The molecule has 18 heavy (non-hydrogen) atoms. The number of rotatable bonds is 5. The SMILES string of the molecule is NC(=O)CCCNC(=O)c1csc(C#CCO)c1. The lowest BCUT2D eigenvalue weighted by Crippen LogP contribution is -2.25. The number of carbonyl (C=O) groups excluding carboxylic acids is 2. The topological polar surface area (TPSA) is 92.4 Å². The molecule has 0 atom stereocenters. The molecule has 0 aliphatic heterocycles. The van der Waals surface area contributed by atoms with Crippen LogP contribution in [-0.2, 0) is 4.79 Å². The highest BCUT2D eigenvalue weighted by Gasteiger charge is 2.07. The summed E-state index contributed by atoms with van der Waals surface area (Å²) >= 11 is 1.34. The Labute approximate surface area is 109 Å². The van der Waals surface area contributed by atoms with Crippen LogP contribution in [0.25, 0.3) is 0 Å². The fourth-order valence-corrected chi connectivity index (χ4v) is 1.97. The molecule has 5 nitrogen and oxygen atoms in total. The normalized spacial score (nSPS) is 9.39. The lowest BCUT2D eigenvalue weighted by atomic mass is 10.2. The average Bonchev–Trinajstić information content (AvgIpc) is 2.80. The molecule has 0 saturated carbocycles. The molecule has 0 spiro atoms. The number of nitrogens with one attached hydrogen (secondary N) is 1. The van der Waals surface area contributed by atoms with Crippen molar-refractivity contribution in [3.8, 4) is 11.8 Å². The molecule has 1 heterocycles. The monoisotopic (exact) mass is 266 g/mol. The van der Waals surface area contributed by atoms with E-state index in [1.54, 1.807) is 11.4 Å². The standard InChI is InChI=1S/C12H14N2O3S/c13-11(16)4-1-5-14-12(17)9-7-10(18-8-9)3-2-6-15/h7-8,15H,1,4-6H2,(H2,13,16)(H,14,17). The van der Waals surface area contributed by atoms with Crippen LogP contribution in [0.3, 0.4) is 0 Å². The molecular formula is C12H14N2O3S. The van der Waals surface area contributed by atoms with E-state index in [0.29, 0.717) is 18.5 Å². The van der Waals surface area contributed by atoms with Crippen molar-refractivity contribution in [3.05, 3.63) is 21.9 Å². The van der Waals surface area contributed by atoms with Crippen LogP contribution in [0.4, 0.5) is 0 Å². The van der Waals surface area contributed by atoms with E-state index >= 15 is 0 Å². The van der Waals surface area contributed by atoms with Gasteiger partial charge in [0.25, 0.3) is 5.91 Å². The second kappa shape index (κ2) is 7.48. The van der Waals surface area contributed by atoms with E-state index in [-0.39, 0.29) is 24.8 Å². The first-order chi connectivity index (χ1) is 8.63. The van der Waals surface area contributed by atoms with Crippen LogP contribution in [-0.4, -0.2) is 30.1 Å². The average molecular weight is 266 g/mol. The van der Waals surface area contributed by atoms with Crippen LogP contribution in [0, 0.1) is 11.8 Å². The third-order valence-electron chi connectivity index (χ3n) is 2.04. The van der Waals surface area contributed by atoms with Crippen molar-refractivity contribution < 1.29 is 14.7 Å². The summed E-state index contributed by atoms with van der Waals surface area (Å²) in [6.45, 7) is 0.210. The second-order valence-electron chi connectivity index (χ2n) is 3.49. The summed E-state index contributed by atoms with van der Waals surface area (Å²) in [5.74, 6) is 4.67. The second-order valence-corrected chi connectivity index (χ2v) is 4.40. The molecule has 0 aliphatic carbocycles. The van der Waals surface area contributed by atoms with Crippen LogP contribution < -0.4 is 11.1 Å². The summed E-state index contributed by atoms with van der Waals surface area (Å²) in [6, 6.07) is 1.66. The van der Waals surface area contributed by atoms with Crippen molar-refractivity contribution in [1.29, 1.82) is 0 Å². The molecule has 0 bridgehead atoms. The van der Waals surface area contributed by atoms with Crippen molar-refractivity contribution in [3.63, 3.8) is 0 Å². The van der Waals surface area contributed by atoms with E-state index in [1.807, 2.05) is 0 Å². The maximum Gasteiger partial charge on any atom is 0.252 e. The van der Waals surface area contributed by atoms with Gasteiger partial charge in [-0.05, 0) is 12.5 Å². The Morgan fingerprint density at radius 1 is 1.50 bits per heavy atom. The lowest BCUT2D eigenvalue weighted by molar-refractivity contribution is -0.118. The first-order valence-corrected chi connectivity index (χ1v) is 6.26. The third-order valence-corrected chi connectivity index (χ3v) is 2.88. The molecule has 0 aromatic carbocycles. The highest BCUT2D eigenvalue weighted by molar-refractivity contribution is 7.10.